The van der Waals surface area contributed by atoms with Crippen molar-refractivity contribution in [3.63, 3.8) is 0 Å². The number of nitrogens with zero attached hydrogens (tertiary/aromatic N) is 1. The summed E-state index contributed by atoms with van der Waals surface area (Å²) in [5.41, 5.74) is 18.7. The predicted octanol–water partition coefficient (Wildman–Crippen LogP) is 15.8. The van der Waals surface area contributed by atoms with E-state index in [1.165, 1.54) is 76.6 Å². The van der Waals surface area contributed by atoms with Crippen LogP contribution in [0.5, 0.6) is 0 Å². The van der Waals surface area contributed by atoms with E-state index < -0.39 is 0 Å². The SMILES string of the molecule is c1ccc(-c2ccc(N(c3ccc(-c4ccccc4)cc3)c3ccc4c(c3)oc3cc(-c5ccc6c(c5)-c5ccccc5C65C6CC7CC(C6)CC5C7)ccc34)cc2)cc1. The van der Waals surface area contributed by atoms with Crippen LogP contribution in [0.4, 0.5) is 17.1 Å². The van der Waals surface area contributed by atoms with Gasteiger partial charge in [-0.25, -0.2) is 0 Å². The minimum atomic E-state index is 0.194. The molecule has 0 radical (unpaired) electrons. The number of furan rings is 1. The molecule has 4 fully saturated rings. The van der Waals surface area contributed by atoms with Gasteiger partial charge in [0.1, 0.15) is 11.2 Å². The standard InChI is InChI=1S/C58H45NO/c1-3-9-39(10-4-1)41-15-21-47(22-16-41)59(48-23-17-42(18-24-48)40-11-5-2-6-12-40)49-25-27-52-51-26-19-44(35-56(51)60-57(52)36-49)43-20-28-55-53(34-43)50-13-7-8-14-54(50)58(55)45-30-37-29-38(32-45)33-46(58)31-37/h1-28,34-38,45-46H,29-33H2. The van der Waals surface area contributed by atoms with Gasteiger partial charge in [-0.15, -0.1) is 0 Å². The minimum Gasteiger partial charge on any atom is -0.456 e. The molecule has 14 rings (SSSR count). The van der Waals surface area contributed by atoms with E-state index in [0.717, 1.165) is 62.7 Å². The number of hydrogen-bond acceptors (Lipinski definition) is 2. The van der Waals surface area contributed by atoms with Crippen LogP contribution in [0.25, 0.3) is 66.4 Å². The lowest BCUT2D eigenvalue weighted by molar-refractivity contribution is -0.0399. The Kier molecular flexibility index (Phi) is 7.52. The topological polar surface area (TPSA) is 16.4 Å². The summed E-state index contributed by atoms with van der Waals surface area (Å²) < 4.78 is 6.81. The van der Waals surface area contributed by atoms with Gasteiger partial charge in [0.15, 0.2) is 0 Å². The van der Waals surface area contributed by atoms with Gasteiger partial charge in [-0.3, -0.25) is 0 Å². The van der Waals surface area contributed by atoms with Gasteiger partial charge in [-0.05, 0) is 166 Å². The Balaban J connectivity index is 0.880. The second kappa shape index (κ2) is 13.2. The highest BCUT2D eigenvalue weighted by atomic mass is 16.3. The van der Waals surface area contributed by atoms with Gasteiger partial charge in [0.05, 0.1) is 0 Å². The summed E-state index contributed by atoms with van der Waals surface area (Å²) >= 11 is 0. The monoisotopic (exact) mass is 771 g/mol. The van der Waals surface area contributed by atoms with Gasteiger partial charge in [-0.1, -0.05) is 127 Å². The number of hydrogen-bond donors (Lipinski definition) is 0. The van der Waals surface area contributed by atoms with E-state index in [2.05, 4.69) is 193 Å². The van der Waals surface area contributed by atoms with Crippen molar-refractivity contribution in [1.29, 1.82) is 0 Å². The van der Waals surface area contributed by atoms with Gasteiger partial charge in [-0.2, -0.15) is 0 Å². The quantitative estimate of drug-likeness (QED) is 0.167. The lowest BCUT2D eigenvalue weighted by atomic mass is 9.43. The normalized spacial score (nSPS) is 22.1. The van der Waals surface area contributed by atoms with E-state index in [9.17, 15) is 0 Å². The summed E-state index contributed by atoms with van der Waals surface area (Å²) in [4.78, 5) is 2.33. The Labute approximate surface area is 351 Å². The Bertz CT molecular complexity index is 2970. The zero-order valence-electron chi connectivity index (χ0n) is 33.6. The summed E-state index contributed by atoms with van der Waals surface area (Å²) in [6.45, 7) is 0. The molecule has 0 N–H and O–H groups in total. The fraction of sp³-hybridized carbons (Fsp3) is 0.172. The van der Waals surface area contributed by atoms with Gasteiger partial charge in [0.2, 0.25) is 0 Å². The van der Waals surface area contributed by atoms with Crippen LogP contribution in [0.15, 0.2) is 192 Å². The Morgan fingerprint density at radius 1 is 0.367 bits per heavy atom. The van der Waals surface area contributed by atoms with E-state index >= 15 is 0 Å². The largest absolute Gasteiger partial charge is 0.456 e. The Morgan fingerprint density at radius 3 is 1.47 bits per heavy atom. The third kappa shape index (κ3) is 5.13. The van der Waals surface area contributed by atoms with Crippen LogP contribution in [0.2, 0.25) is 0 Å². The average molecular weight is 772 g/mol. The third-order valence-corrected chi connectivity index (χ3v) is 15.1. The number of rotatable bonds is 6. The lowest BCUT2D eigenvalue weighted by Gasteiger charge is -2.61. The molecule has 2 heteroatoms. The molecular weight excluding hydrogens is 727 g/mol. The molecule has 4 bridgehead atoms. The molecule has 1 aromatic heterocycles. The van der Waals surface area contributed by atoms with Crippen LogP contribution in [-0.4, -0.2) is 0 Å². The number of benzene rings is 8. The molecule has 5 aliphatic carbocycles. The van der Waals surface area contributed by atoms with Gasteiger partial charge >= 0.3 is 0 Å². The molecule has 0 saturated heterocycles. The smallest absolute Gasteiger partial charge is 0.137 e. The lowest BCUT2D eigenvalue weighted by Crippen LogP contribution is -2.55. The molecule has 0 atom stereocenters. The summed E-state index contributed by atoms with van der Waals surface area (Å²) in [6, 6.07) is 69.3. The van der Waals surface area contributed by atoms with Crippen molar-refractivity contribution in [3.8, 4) is 44.5 Å². The molecule has 0 unspecified atom stereocenters. The van der Waals surface area contributed by atoms with Gasteiger partial charge < -0.3 is 9.32 Å². The maximum absolute atomic E-state index is 6.81. The van der Waals surface area contributed by atoms with Crippen LogP contribution in [0, 0.1) is 23.7 Å². The maximum atomic E-state index is 6.81. The average Bonchev–Trinajstić information content (AvgIpc) is 3.82. The van der Waals surface area contributed by atoms with E-state index in [-0.39, 0.29) is 5.41 Å². The van der Waals surface area contributed by atoms with Crippen LogP contribution >= 0.6 is 0 Å². The van der Waals surface area contributed by atoms with E-state index in [1.54, 1.807) is 11.1 Å². The van der Waals surface area contributed by atoms with Crippen molar-refractivity contribution in [2.45, 2.75) is 37.5 Å². The summed E-state index contributed by atoms with van der Waals surface area (Å²) in [5.74, 6) is 3.44. The first-order chi connectivity index (χ1) is 29.7. The number of fused-ring (bicyclic) bond motifs is 6. The molecule has 2 nitrogen and oxygen atoms in total. The van der Waals surface area contributed by atoms with Crippen molar-refractivity contribution in [2.75, 3.05) is 4.90 Å². The second-order valence-corrected chi connectivity index (χ2v) is 18.1. The molecule has 9 aromatic rings. The molecule has 0 aliphatic heterocycles. The van der Waals surface area contributed by atoms with Gasteiger partial charge in [0, 0.05) is 39.3 Å². The Morgan fingerprint density at radius 2 is 0.833 bits per heavy atom. The van der Waals surface area contributed by atoms with Gasteiger partial charge in [0.25, 0.3) is 0 Å². The fourth-order valence-corrected chi connectivity index (χ4v) is 12.7. The molecule has 288 valence electrons. The first kappa shape index (κ1) is 34.2. The first-order valence-electron chi connectivity index (χ1n) is 22.0. The van der Waals surface area contributed by atoms with Crippen LogP contribution in [0.1, 0.15) is 43.2 Å². The molecule has 60 heavy (non-hydrogen) atoms. The predicted molar refractivity (Wildman–Crippen MR) is 248 cm³/mol. The van der Waals surface area contributed by atoms with Crippen molar-refractivity contribution < 1.29 is 4.42 Å². The number of anilines is 3. The third-order valence-electron chi connectivity index (χ3n) is 15.1. The molecule has 5 aliphatic rings. The van der Waals surface area contributed by atoms with E-state index in [1.807, 2.05) is 0 Å². The summed E-state index contributed by atoms with van der Waals surface area (Å²) in [7, 11) is 0. The second-order valence-electron chi connectivity index (χ2n) is 18.1. The fourth-order valence-electron chi connectivity index (χ4n) is 12.7. The maximum Gasteiger partial charge on any atom is 0.137 e. The van der Waals surface area contributed by atoms with E-state index in [4.69, 9.17) is 4.42 Å². The van der Waals surface area contributed by atoms with Crippen molar-refractivity contribution in [3.05, 3.63) is 199 Å². The summed E-state index contributed by atoms with van der Waals surface area (Å²) in [5, 5.41) is 2.27. The minimum absolute atomic E-state index is 0.194. The molecule has 0 amide bonds. The molecule has 1 heterocycles. The van der Waals surface area contributed by atoms with E-state index in [0.29, 0.717) is 0 Å². The Hall–Kier alpha value is -6.64. The molecular formula is C58H45NO. The highest BCUT2D eigenvalue weighted by molar-refractivity contribution is 6.07. The molecule has 4 saturated carbocycles. The van der Waals surface area contributed by atoms with Crippen molar-refractivity contribution in [1.82, 2.24) is 0 Å². The van der Waals surface area contributed by atoms with Crippen LogP contribution in [-0.2, 0) is 5.41 Å². The van der Waals surface area contributed by atoms with Crippen LogP contribution in [0.3, 0.4) is 0 Å². The molecule has 8 aromatic carbocycles. The van der Waals surface area contributed by atoms with Crippen molar-refractivity contribution >= 4 is 39.0 Å². The first-order valence-corrected chi connectivity index (χ1v) is 22.0. The summed E-state index contributed by atoms with van der Waals surface area (Å²) in [6.07, 6.45) is 7.11. The molecule has 1 spiro atoms. The highest BCUT2D eigenvalue weighted by Crippen LogP contribution is 2.69. The highest BCUT2D eigenvalue weighted by Gasteiger charge is 2.61. The zero-order chi connectivity index (χ0) is 39.4. The zero-order valence-corrected chi connectivity index (χ0v) is 33.6. The van der Waals surface area contributed by atoms with Crippen LogP contribution < -0.4 is 4.90 Å². The van der Waals surface area contributed by atoms with Crippen molar-refractivity contribution in [2.24, 2.45) is 23.7 Å².